The average Bonchev–Trinajstić information content (AvgIpc) is 2.22. The average molecular weight is 211 g/mol. The molecule has 6 nitrogen and oxygen atoms in total. The van der Waals surface area contributed by atoms with Gasteiger partial charge < -0.3 is 14.2 Å². The molecule has 0 spiro atoms. The first-order chi connectivity index (χ1) is 7.11. The first kappa shape index (κ1) is 12.8. The van der Waals surface area contributed by atoms with Crippen LogP contribution in [0.25, 0.3) is 0 Å². The van der Waals surface area contributed by atoms with Gasteiger partial charge in [0.05, 0.1) is 0 Å². The van der Waals surface area contributed by atoms with Crippen molar-refractivity contribution in [1.82, 2.24) is 0 Å². The van der Waals surface area contributed by atoms with Gasteiger partial charge in [-0.1, -0.05) is 5.92 Å². The molecule has 0 heterocycles. The van der Waals surface area contributed by atoms with Crippen molar-refractivity contribution in [3.63, 3.8) is 0 Å². The summed E-state index contributed by atoms with van der Waals surface area (Å²) in [5, 5.41) is 8.11. The van der Waals surface area contributed by atoms with E-state index < -0.39 is 24.8 Å². The Bertz CT molecular complexity index is 311. The van der Waals surface area contributed by atoms with Crippen LogP contribution in [0, 0.1) is 23.7 Å². The molecule has 0 saturated heterocycles. The third-order valence-corrected chi connectivity index (χ3v) is 1.16. The van der Waals surface area contributed by atoms with Crippen LogP contribution in [0.1, 0.15) is 6.92 Å². The van der Waals surface area contributed by atoms with Crippen molar-refractivity contribution in [3.8, 4) is 18.4 Å². The molecule has 0 aromatic carbocycles. The van der Waals surface area contributed by atoms with Crippen LogP contribution in [-0.4, -0.2) is 31.4 Å². The lowest BCUT2D eigenvalue weighted by Crippen LogP contribution is -2.26. The second-order valence-electron chi connectivity index (χ2n) is 2.27. The molecule has 80 valence electrons. The van der Waals surface area contributed by atoms with E-state index in [1.54, 1.807) is 6.07 Å². The molecule has 0 rings (SSSR count). The van der Waals surface area contributed by atoms with Crippen LogP contribution in [0.2, 0.25) is 0 Å². The van der Waals surface area contributed by atoms with Crippen LogP contribution in [0.3, 0.4) is 0 Å². The molecule has 1 atom stereocenters. The molecule has 0 radical (unpaired) electrons. The smallest absolute Gasteiger partial charge is 0.448 e. The lowest BCUT2D eigenvalue weighted by Gasteiger charge is -2.10. The van der Waals surface area contributed by atoms with Crippen molar-refractivity contribution < 1.29 is 23.8 Å². The van der Waals surface area contributed by atoms with E-state index in [2.05, 4.69) is 20.1 Å². The minimum atomic E-state index is -1.14. The first-order valence-electron chi connectivity index (χ1n) is 3.92. The largest absolute Gasteiger partial charge is 0.510 e. The third kappa shape index (κ3) is 5.94. The van der Waals surface area contributed by atoms with Gasteiger partial charge in [-0.2, -0.15) is 5.26 Å². The van der Waals surface area contributed by atoms with Crippen molar-refractivity contribution in [2.24, 2.45) is 0 Å². The quantitative estimate of drug-likeness (QED) is 0.488. The molecule has 0 aliphatic carbocycles. The molecule has 0 fully saturated rings. The molecule has 0 N–H and O–H groups in total. The van der Waals surface area contributed by atoms with Crippen molar-refractivity contribution in [3.05, 3.63) is 0 Å². The Morgan fingerprint density at radius 2 is 2.07 bits per heavy atom. The summed E-state index contributed by atoms with van der Waals surface area (Å²) in [6, 6.07) is 1.60. The Hall–Kier alpha value is -2.21. The molecule has 0 aromatic rings. The molecule has 0 saturated carbocycles. The molecule has 0 aliphatic rings. The summed E-state index contributed by atoms with van der Waals surface area (Å²) < 4.78 is 13.2. The fourth-order valence-corrected chi connectivity index (χ4v) is 0.548. The highest BCUT2D eigenvalue weighted by Crippen LogP contribution is 1.97. The topological polar surface area (TPSA) is 85.6 Å². The highest BCUT2D eigenvalue weighted by Gasteiger charge is 2.19. The summed E-state index contributed by atoms with van der Waals surface area (Å²) in [5.41, 5.74) is 0. The van der Waals surface area contributed by atoms with Gasteiger partial charge in [-0.05, 0) is 6.92 Å². The minimum Gasteiger partial charge on any atom is -0.448 e. The maximum Gasteiger partial charge on any atom is 0.510 e. The number of hydrogen-bond acceptors (Lipinski definition) is 6. The molecule has 6 heteroatoms. The number of esters is 1. The van der Waals surface area contributed by atoms with Crippen LogP contribution in [0.5, 0.6) is 0 Å². The predicted molar refractivity (Wildman–Crippen MR) is 47.3 cm³/mol. The van der Waals surface area contributed by atoms with Crippen molar-refractivity contribution in [2.45, 2.75) is 13.0 Å². The number of rotatable bonds is 4. The highest BCUT2D eigenvalue weighted by molar-refractivity contribution is 5.77. The number of nitriles is 1. The Morgan fingerprint density at radius 3 is 2.60 bits per heavy atom. The second-order valence-corrected chi connectivity index (χ2v) is 2.27. The Morgan fingerprint density at radius 1 is 1.40 bits per heavy atom. The summed E-state index contributed by atoms with van der Waals surface area (Å²) in [6.07, 6.45) is 2.63. The maximum atomic E-state index is 11.0. The Labute approximate surface area is 86.7 Å². The van der Waals surface area contributed by atoms with Gasteiger partial charge in [0.25, 0.3) is 0 Å². The normalized spacial score (nSPS) is 10.3. The number of nitrogens with zero attached hydrogens (tertiary/aromatic N) is 1. The van der Waals surface area contributed by atoms with Gasteiger partial charge in [0.15, 0.2) is 19.3 Å². The van der Waals surface area contributed by atoms with Gasteiger partial charge in [-0.15, -0.1) is 6.42 Å². The lowest BCUT2D eigenvalue weighted by molar-refractivity contribution is -0.152. The van der Waals surface area contributed by atoms with Gasteiger partial charge in [0, 0.05) is 0 Å². The van der Waals surface area contributed by atoms with Gasteiger partial charge in [0.2, 0.25) is 0 Å². The van der Waals surface area contributed by atoms with Crippen molar-refractivity contribution in [2.75, 3.05) is 13.2 Å². The summed E-state index contributed by atoms with van der Waals surface area (Å²) >= 11 is 0. The molecule has 0 amide bonds. The van der Waals surface area contributed by atoms with E-state index in [0.29, 0.717) is 0 Å². The Balaban J connectivity index is 3.87. The number of terminal acetylenes is 1. The van der Waals surface area contributed by atoms with Crippen molar-refractivity contribution in [1.29, 1.82) is 5.26 Å². The maximum absolute atomic E-state index is 11.0. The van der Waals surface area contributed by atoms with E-state index in [1.165, 1.54) is 6.92 Å². The zero-order chi connectivity index (χ0) is 11.7. The molecule has 0 aromatic heterocycles. The monoisotopic (exact) mass is 211 g/mol. The Kier molecular flexibility index (Phi) is 6.15. The third-order valence-electron chi connectivity index (χ3n) is 1.16. The fraction of sp³-hybridized carbons (Fsp3) is 0.444. The molecule has 15 heavy (non-hydrogen) atoms. The summed E-state index contributed by atoms with van der Waals surface area (Å²) in [7, 11) is 0. The highest BCUT2D eigenvalue weighted by atomic mass is 16.7. The van der Waals surface area contributed by atoms with E-state index >= 15 is 0 Å². The van der Waals surface area contributed by atoms with Gasteiger partial charge in [-0.25, -0.2) is 9.59 Å². The number of carbonyl (C=O) groups is 2. The standard InChI is InChI=1S/C9H9NO5/c1-3-5-14-9(12)15-7(2)8(11)13-6-4-10/h1,7H,5-6H2,2H3. The van der Waals surface area contributed by atoms with Gasteiger partial charge >= 0.3 is 12.1 Å². The second kappa shape index (κ2) is 7.22. The fourth-order valence-electron chi connectivity index (χ4n) is 0.548. The summed E-state index contributed by atoms with van der Waals surface area (Å²) in [4.78, 5) is 21.7. The van der Waals surface area contributed by atoms with E-state index in [9.17, 15) is 9.59 Å². The van der Waals surface area contributed by atoms with Gasteiger partial charge in [-0.3, -0.25) is 0 Å². The number of ether oxygens (including phenoxy) is 3. The molecule has 0 bridgehead atoms. The SMILES string of the molecule is C#CCOC(=O)OC(C)C(=O)OCC#N. The van der Waals surface area contributed by atoms with E-state index in [1.807, 2.05) is 0 Å². The lowest BCUT2D eigenvalue weighted by atomic mass is 10.4. The molecule has 0 aliphatic heterocycles. The minimum absolute atomic E-state index is 0.237. The van der Waals surface area contributed by atoms with Gasteiger partial charge in [0.1, 0.15) is 6.07 Å². The molecular formula is C9H9NO5. The predicted octanol–water partition coefficient (Wildman–Crippen LogP) is 0.228. The summed E-state index contributed by atoms with van der Waals surface area (Å²) in [6.45, 7) is 0.654. The van der Waals surface area contributed by atoms with Crippen LogP contribution in [-0.2, 0) is 19.0 Å². The van der Waals surface area contributed by atoms with Crippen LogP contribution in [0.4, 0.5) is 4.79 Å². The number of carbonyl (C=O) groups excluding carboxylic acids is 2. The van der Waals surface area contributed by atoms with E-state index in [-0.39, 0.29) is 6.61 Å². The van der Waals surface area contributed by atoms with Crippen LogP contribution in [0.15, 0.2) is 0 Å². The number of hydrogen-bond donors (Lipinski definition) is 0. The van der Waals surface area contributed by atoms with E-state index in [4.69, 9.17) is 11.7 Å². The van der Waals surface area contributed by atoms with E-state index in [0.717, 1.165) is 0 Å². The molecular weight excluding hydrogens is 202 g/mol. The summed E-state index contributed by atoms with van der Waals surface area (Å²) in [5.74, 6) is 1.23. The van der Waals surface area contributed by atoms with Crippen LogP contribution >= 0.6 is 0 Å². The van der Waals surface area contributed by atoms with Crippen LogP contribution < -0.4 is 0 Å². The zero-order valence-corrected chi connectivity index (χ0v) is 8.06. The molecule has 1 unspecified atom stereocenters. The first-order valence-corrected chi connectivity index (χ1v) is 3.92. The van der Waals surface area contributed by atoms with Crippen molar-refractivity contribution >= 4 is 12.1 Å². The zero-order valence-electron chi connectivity index (χ0n) is 8.06.